The first-order valence-corrected chi connectivity index (χ1v) is 12.6. The molecule has 0 unspecified atom stereocenters. The first-order valence-electron chi connectivity index (χ1n) is 10.9. The number of benzene rings is 2. The monoisotopic (exact) mass is 482 g/mol. The van der Waals surface area contributed by atoms with Gasteiger partial charge in [-0.3, -0.25) is 0 Å². The van der Waals surface area contributed by atoms with E-state index in [0.29, 0.717) is 6.61 Å². The van der Waals surface area contributed by atoms with Gasteiger partial charge >= 0.3 is 184 Å². The van der Waals surface area contributed by atoms with Gasteiger partial charge in [-0.05, 0) is 6.92 Å². The summed E-state index contributed by atoms with van der Waals surface area (Å²) >= 11 is 0.217. The van der Waals surface area contributed by atoms with Crippen LogP contribution in [0.1, 0.15) is 38.8 Å². The summed E-state index contributed by atoms with van der Waals surface area (Å²) in [4.78, 5) is 18.7. The molecule has 3 aromatic rings. The van der Waals surface area contributed by atoms with E-state index in [1.54, 1.807) is 0 Å². The van der Waals surface area contributed by atoms with Crippen molar-refractivity contribution in [1.29, 1.82) is 0 Å². The molecule has 0 amide bonds. The summed E-state index contributed by atoms with van der Waals surface area (Å²) in [5.74, 6) is -0.0213. The van der Waals surface area contributed by atoms with E-state index >= 15 is 0 Å². The van der Waals surface area contributed by atoms with Crippen molar-refractivity contribution in [2.75, 3.05) is 19.7 Å². The van der Waals surface area contributed by atoms with Crippen molar-refractivity contribution < 1.29 is 9.53 Å². The van der Waals surface area contributed by atoms with Gasteiger partial charge in [0, 0.05) is 0 Å². The fourth-order valence-corrected chi connectivity index (χ4v) is 5.74. The fourth-order valence-electron chi connectivity index (χ4n) is 3.79. The maximum absolute atomic E-state index is 11.7. The molecule has 1 saturated heterocycles. The average molecular weight is 481 g/mol. The topological polar surface area (TPSA) is 42.4 Å². The van der Waals surface area contributed by atoms with Gasteiger partial charge in [0.25, 0.3) is 0 Å². The van der Waals surface area contributed by atoms with E-state index in [1.165, 1.54) is 31.3 Å². The van der Waals surface area contributed by atoms with Crippen LogP contribution in [0.25, 0.3) is 20.1 Å². The molecule has 2 aromatic carbocycles. The van der Waals surface area contributed by atoms with Crippen molar-refractivity contribution >= 4 is 20.5 Å². The molecular weight excluding hydrogens is 451 g/mol. The molecule has 0 atom stereocenters. The number of hydrogen-bond donors (Lipinski definition) is 0. The summed E-state index contributed by atoms with van der Waals surface area (Å²) in [7, 11) is 0. The van der Waals surface area contributed by atoms with E-state index in [0.717, 1.165) is 19.6 Å². The Hall–Kier alpha value is -2.20. The zero-order valence-electron chi connectivity index (χ0n) is 18.7. The second-order valence-electron chi connectivity index (χ2n) is 9.20. The van der Waals surface area contributed by atoms with E-state index in [4.69, 9.17) is 9.72 Å². The second-order valence-corrected chi connectivity index (χ2v) is 11.4. The molecule has 0 spiro atoms. The Bertz CT molecular complexity index is 1030. The quantitative estimate of drug-likeness (QED) is 0.376. The average Bonchev–Trinajstić information content (AvgIpc) is 3.20. The van der Waals surface area contributed by atoms with Gasteiger partial charge in [-0.1, -0.05) is 0 Å². The molecule has 0 N–H and O–H groups in total. The Labute approximate surface area is 191 Å². The second kappa shape index (κ2) is 9.12. The standard InChI is InChI=1S/C26H30N2O2Se/c1-5-30-25(29)21-16-28(17-21)15-18-6-8-19(9-7-18)23-14-27-24(31-23)20-10-12-22(13-11-20)26(2,3)4/h6-14,21H,5,15-17H2,1-4H3. The van der Waals surface area contributed by atoms with Crippen LogP contribution in [0.4, 0.5) is 0 Å². The van der Waals surface area contributed by atoms with E-state index in [2.05, 4.69) is 74.2 Å². The zero-order chi connectivity index (χ0) is 22.0. The molecule has 4 rings (SSSR count). The van der Waals surface area contributed by atoms with E-state index in [9.17, 15) is 4.79 Å². The number of rotatable bonds is 6. The molecule has 1 fully saturated rings. The number of ether oxygens (including phenoxy) is 1. The summed E-state index contributed by atoms with van der Waals surface area (Å²) < 4.78 is 7.61. The van der Waals surface area contributed by atoms with Gasteiger partial charge in [0.2, 0.25) is 0 Å². The number of nitrogens with zero attached hydrogens (tertiary/aromatic N) is 2. The maximum atomic E-state index is 11.7. The van der Waals surface area contributed by atoms with Crippen LogP contribution in [-0.2, 0) is 21.5 Å². The molecule has 1 aromatic heterocycles. The van der Waals surface area contributed by atoms with Crippen LogP contribution in [0, 0.1) is 5.92 Å². The number of esters is 1. The zero-order valence-corrected chi connectivity index (χ0v) is 20.4. The molecule has 4 nitrogen and oxygen atoms in total. The van der Waals surface area contributed by atoms with Gasteiger partial charge in [-0.25, -0.2) is 0 Å². The summed E-state index contributed by atoms with van der Waals surface area (Å²) in [5.41, 5.74) is 5.27. The molecule has 0 aliphatic carbocycles. The molecule has 0 saturated carbocycles. The molecular formula is C26H30N2O2Se. The molecule has 0 bridgehead atoms. The predicted octanol–water partition coefficient (Wildman–Crippen LogP) is 4.77. The van der Waals surface area contributed by atoms with Crippen molar-refractivity contribution in [1.82, 2.24) is 9.88 Å². The van der Waals surface area contributed by atoms with Crippen LogP contribution in [0.3, 0.4) is 0 Å². The van der Waals surface area contributed by atoms with Crippen molar-refractivity contribution in [2.45, 2.75) is 39.7 Å². The van der Waals surface area contributed by atoms with Crippen LogP contribution in [0.5, 0.6) is 0 Å². The Kier molecular flexibility index (Phi) is 6.47. The summed E-state index contributed by atoms with van der Waals surface area (Å²) in [6.07, 6.45) is 2.03. The summed E-state index contributed by atoms with van der Waals surface area (Å²) in [6, 6.07) is 17.7. The van der Waals surface area contributed by atoms with Gasteiger partial charge in [0.1, 0.15) is 0 Å². The first-order chi connectivity index (χ1) is 14.8. The minimum atomic E-state index is -0.0617. The normalized spacial score (nSPS) is 15.0. The van der Waals surface area contributed by atoms with Crippen molar-refractivity contribution in [2.24, 2.45) is 5.92 Å². The van der Waals surface area contributed by atoms with Crippen LogP contribution in [0.15, 0.2) is 54.7 Å². The number of aromatic nitrogens is 1. The van der Waals surface area contributed by atoms with Gasteiger partial charge in [-0.15, -0.1) is 0 Å². The summed E-state index contributed by atoms with van der Waals surface area (Å²) in [5, 5.41) is 0. The van der Waals surface area contributed by atoms with Gasteiger partial charge < -0.3 is 0 Å². The van der Waals surface area contributed by atoms with Crippen LogP contribution in [-0.4, -0.2) is 50.1 Å². The van der Waals surface area contributed by atoms with Crippen LogP contribution in [0.2, 0.25) is 0 Å². The fraction of sp³-hybridized carbons (Fsp3) is 0.385. The molecule has 1 aliphatic heterocycles. The predicted molar refractivity (Wildman–Crippen MR) is 126 cm³/mol. The Morgan fingerprint density at radius 1 is 1.06 bits per heavy atom. The van der Waals surface area contributed by atoms with Crippen LogP contribution >= 0.6 is 0 Å². The molecule has 1 aliphatic rings. The van der Waals surface area contributed by atoms with Crippen LogP contribution < -0.4 is 0 Å². The number of carbonyl (C=O) groups excluding carboxylic acids is 1. The third-order valence-electron chi connectivity index (χ3n) is 5.73. The van der Waals surface area contributed by atoms with E-state index in [-0.39, 0.29) is 31.8 Å². The minimum absolute atomic E-state index is 0.0404. The number of hydrogen-bond acceptors (Lipinski definition) is 4. The molecule has 5 heteroatoms. The van der Waals surface area contributed by atoms with Crippen molar-refractivity contribution in [3.63, 3.8) is 0 Å². The van der Waals surface area contributed by atoms with Crippen molar-refractivity contribution in [3.8, 4) is 20.1 Å². The number of likely N-dealkylation sites (tertiary alicyclic amines) is 1. The summed E-state index contributed by atoms with van der Waals surface area (Å²) in [6.45, 7) is 11.5. The first kappa shape index (κ1) is 22.0. The third kappa shape index (κ3) is 5.17. The molecule has 162 valence electrons. The number of carbonyl (C=O) groups is 1. The molecule has 31 heavy (non-hydrogen) atoms. The van der Waals surface area contributed by atoms with E-state index in [1.807, 2.05) is 13.1 Å². The Morgan fingerprint density at radius 3 is 2.32 bits per heavy atom. The van der Waals surface area contributed by atoms with Crippen molar-refractivity contribution in [3.05, 3.63) is 65.9 Å². The third-order valence-corrected chi connectivity index (χ3v) is 8.02. The molecule has 0 radical (unpaired) electrons. The van der Waals surface area contributed by atoms with E-state index < -0.39 is 0 Å². The Balaban J connectivity index is 1.37. The van der Waals surface area contributed by atoms with Gasteiger partial charge in [-0.2, -0.15) is 0 Å². The molecule has 2 heterocycles. The Morgan fingerprint density at radius 2 is 1.71 bits per heavy atom. The van der Waals surface area contributed by atoms with Gasteiger partial charge in [0.05, 0.1) is 0 Å². The SMILES string of the molecule is CCOC(=O)C1CN(Cc2ccc(-c3cnc(-c4ccc(C(C)(C)C)cc4)[se]3)cc2)C1. The van der Waals surface area contributed by atoms with Gasteiger partial charge in [0.15, 0.2) is 0 Å².